The molecule has 0 bridgehead atoms. The van der Waals surface area contributed by atoms with Crippen LogP contribution in [0.3, 0.4) is 0 Å². The maximum absolute atomic E-state index is 11.9. The van der Waals surface area contributed by atoms with Crippen molar-refractivity contribution >= 4 is 23.6 Å². The first-order chi connectivity index (χ1) is 12.3. The number of aliphatic imine (C=N–C) groups is 1. The summed E-state index contributed by atoms with van der Waals surface area (Å²) in [6, 6.07) is 11.0. The van der Waals surface area contributed by atoms with E-state index in [0.29, 0.717) is 35.1 Å². The Kier molecular flexibility index (Phi) is 3.79. The van der Waals surface area contributed by atoms with E-state index < -0.39 is 0 Å². The third-order valence-electron chi connectivity index (χ3n) is 3.83. The zero-order valence-electron chi connectivity index (χ0n) is 13.1. The number of benzene rings is 1. The van der Waals surface area contributed by atoms with Crippen molar-refractivity contribution in [1.82, 2.24) is 19.7 Å². The number of rotatable bonds is 5. The molecule has 124 valence electrons. The molecule has 1 aromatic carbocycles. The van der Waals surface area contributed by atoms with E-state index in [4.69, 9.17) is 5.11 Å². The Labute approximate surface area is 142 Å². The van der Waals surface area contributed by atoms with Crippen LogP contribution in [-0.2, 0) is 6.54 Å². The highest BCUT2D eigenvalue weighted by Gasteiger charge is 2.20. The van der Waals surface area contributed by atoms with E-state index in [9.17, 15) is 4.79 Å². The van der Waals surface area contributed by atoms with Gasteiger partial charge in [-0.1, -0.05) is 18.2 Å². The SMILES string of the molecule is O=C1N=Cc2cccc(Nc3cccc(-c4nncn4CCO)n3)c21. The maximum Gasteiger partial charge on any atom is 0.279 e. The van der Waals surface area contributed by atoms with E-state index in [1.54, 1.807) is 23.2 Å². The van der Waals surface area contributed by atoms with Crippen LogP contribution in [0.4, 0.5) is 11.5 Å². The Morgan fingerprint density at radius 1 is 1.16 bits per heavy atom. The lowest BCUT2D eigenvalue weighted by Crippen LogP contribution is -2.05. The van der Waals surface area contributed by atoms with E-state index >= 15 is 0 Å². The number of pyridine rings is 1. The number of hydrogen-bond acceptors (Lipinski definition) is 6. The molecule has 0 aliphatic carbocycles. The van der Waals surface area contributed by atoms with Crippen molar-refractivity contribution in [2.45, 2.75) is 6.54 Å². The molecule has 0 fully saturated rings. The summed E-state index contributed by atoms with van der Waals surface area (Å²) in [6.45, 7) is 0.376. The van der Waals surface area contributed by atoms with Gasteiger partial charge in [-0.15, -0.1) is 10.2 Å². The van der Waals surface area contributed by atoms with E-state index in [2.05, 4.69) is 25.5 Å². The molecule has 0 saturated carbocycles. The third-order valence-corrected chi connectivity index (χ3v) is 3.83. The first-order valence-corrected chi connectivity index (χ1v) is 7.71. The lowest BCUT2D eigenvalue weighted by molar-refractivity contribution is 0.101. The Bertz CT molecular complexity index is 979. The average molecular weight is 334 g/mol. The molecule has 25 heavy (non-hydrogen) atoms. The van der Waals surface area contributed by atoms with Crippen molar-refractivity contribution in [2.24, 2.45) is 4.99 Å². The van der Waals surface area contributed by atoms with Gasteiger partial charge in [0.25, 0.3) is 5.91 Å². The highest BCUT2D eigenvalue weighted by atomic mass is 16.3. The molecule has 2 N–H and O–H groups in total. The molecule has 0 saturated heterocycles. The minimum atomic E-state index is -0.267. The largest absolute Gasteiger partial charge is 0.395 e. The molecule has 0 unspecified atom stereocenters. The summed E-state index contributed by atoms with van der Waals surface area (Å²) in [5, 5.41) is 20.2. The number of fused-ring (bicyclic) bond motifs is 1. The van der Waals surface area contributed by atoms with Gasteiger partial charge in [0.05, 0.1) is 17.9 Å². The van der Waals surface area contributed by atoms with Crippen LogP contribution in [0.2, 0.25) is 0 Å². The van der Waals surface area contributed by atoms with Crippen molar-refractivity contribution < 1.29 is 9.90 Å². The van der Waals surface area contributed by atoms with E-state index in [1.165, 1.54) is 0 Å². The number of carbonyl (C=O) groups is 1. The van der Waals surface area contributed by atoms with Gasteiger partial charge < -0.3 is 15.0 Å². The third kappa shape index (κ3) is 2.79. The summed E-state index contributed by atoms with van der Waals surface area (Å²) < 4.78 is 1.73. The summed E-state index contributed by atoms with van der Waals surface area (Å²) in [5.41, 5.74) is 2.60. The topological polar surface area (TPSA) is 105 Å². The molecule has 1 amide bonds. The fraction of sp³-hybridized carbons (Fsp3) is 0.118. The van der Waals surface area contributed by atoms with Crippen molar-refractivity contribution in [3.8, 4) is 11.5 Å². The van der Waals surface area contributed by atoms with Crippen molar-refractivity contribution in [2.75, 3.05) is 11.9 Å². The second kappa shape index (κ2) is 6.25. The monoisotopic (exact) mass is 334 g/mol. The molecule has 8 heteroatoms. The molecule has 2 aromatic heterocycles. The van der Waals surface area contributed by atoms with Crippen LogP contribution in [0.1, 0.15) is 15.9 Å². The number of aromatic nitrogens is 4. The van der Waals surface area contributed by atoms with Gasteiger partial charge in [0.15, 0.2) is 5.82 Å². The Morgan fingerprint density at radius 2 is 2.04 bits per heavy atom. The molecular formula is C17H14N6O2. The first-order valence-electron chi connectivity index (χ1n) is 7.71. The van der Waals surface area contributed by atoms with Gasteiger partial charge in [-0.25, -0.2) is 9.98 Å². The number of nitrogens with one attached hydrogen (secondary N) is 1. The first kappa shape index (κ1) is 15.2. The summed E-state index contributed by atoms with van der Waals surface area (Å²) in [4.78, 5) is 20.3. The Morgan fingerprint density at radius 3 is 2.92 bits per heavy atom. The van der Waals surface area contributed by atoms with Crippen molar-refractivity contribution in [3.63, 3.8) is 0 Å². The van der Waals surface area contributed by atoms with E-state index in [-0.39, 0.29) is 12.5 Å². The predicted octanol–water partition coefficient (Wildman–Crippen LogP) is 1.65. The van der Waals surface area contributed by atoms with Crippen LogP contribution in [0.5, 0.6) is 0 Å². The fourth-order valence-corrected chi connectivity index (χ4v) is 2.70. The van der Waals surface area contributed by atoms with Gasteiger partial charge in [0.1, 0.15) is 17.8 Å². The molecule has 1 aliphatic heterocycles. The summed E-state index contributed by atoms with van der Waals surface area (Å²) in [7, 11) is 0. The summed E-state index contributed by atoms with van der Waals surface area (Å²) in [6.07, 6.45) is 3.11. The second-order valence-corrected chi connectivity index (χ2v) is 5.44. The lowest BCUT2D eigenvalue weighted by Gasteiger charge is -2.10. The molecule has 0 atom stereocenters. The highest BCUT2D eigenvalue weighted by Crippen LogP contribution is 2.27. The van der Waals surface area contributed by atoms with Crippen LogP contribution < -0.4 is 5.32 Å². The molecule has 0 spiro atoms. The number of nitrogens with zero attached hydrogens (tertiary/aromatic N) is 5. The minimum absolute atomic E-state index is 0.0127. The van der Waals surface area contributed by atoms with Gasteiger partial charge in [0.2, 0.25) is 0 Å². The normalized spacial score (nSPS) is 12.4. The Balaban J connectivity index is 1.67. The van der Waals surface area contributed by atoms with Crippen molar-refractivity contribution in [3.05, 3.63) is 53.9 Å². The van der Waals surface area contributed by atoms with Crippen LogP contribution in [0, 0.1) is 0 Å². The van der Waals surface area contributed by atoms with Gasteiger partial charge in [0, 0.05) is 18.3 Å². The van der Waals surface area contributed by atoms with E-state index in [0.717, 1.165) is 5.56 Å². The fourth-order valence-electron chi connectivity index (χ4n) is 2.70. The number of amides is 1. The smallest absolute Gasteiger partial charge is 0.279 e. The Hall–Kier alpha value is -3.39. The highest BCUT2D eigenvalue weighted by molar-refractivity contribution is 6.16. The molecule has 3 heterocycles. The minimum Gasteiger partial charge on any atom is -0.395 e. The molecule has 3 aromatic rings. The second-order valence-electron chi connectivity index (χ2n) is 5.44. The van der Waals surface area contributed by atoms with Crippen LogP contribution >= 0.6 is 0 Å². The zero-order valence-corrected chi connectivity index (χ0v) is 13.1. The van der Waals surface area contributed by atoms with E-state index in [1.807, 2.05) is 30.3 Å². The van der Waals surface area contributed by atoms with Gasteiger partial charge >= 0.3 is 0 Å². The number of anilines is 2. The molecule has 0 radical (unpaired) electrons. The molecular weight excluding hydrogens is 320 g/mol. The predicted molar refractivity (Wildman–Crippen MR) is 92.0 cm³/mol. The van der Waals surface area contributed by atoms with Crippen LogP contribution in [0.15, 0.2) is 47.7 Å². The zero-order chi connectivity index (χ0) is 17.2. The van der Waals surface area contributed by atoms with Crippen LogP contribution in [0.25, 0.3) is 11.5 Å². The van der Waals surface area contributed by atoms with Crippen molar-refractivity contribution in [1.29, 1.82) is 0 Å². The number of carbonyl (C=O) groups excluding carboxylic acids is 1. The molecule has 1 aliphatic rings. The van der Waals surface area contributed by atoms with Gasteiger partial charge in [-0.05, 0) is 18.2 Å². The number of aliphatic hydroxyl groups is 1. The van der Waals surface area contributed by atoms with Gasteiger partial charge in [-0.3, -0.25) is 4.79 Å². The summed E-state index contributed by atoms with van der Waals surface area (Å²) in [5.74, 6) is 0.872. The molecule has 8 nitrogen and oxygen atoms in total. The standard InChI is InChI=1S/C17H14N6O2/c24-8-7-23-10-19-22-16(23)13-5-2-6-14(21-13)20-12-4-1-3-11-9-18-17(25)15(11)12/h1-6,9-10,24H,7-8H2,(H,20,21). The number of aliphatic hydroxyl groups excluding tert-OH is 1. The summed E-state index contributed by atoms with van der Waals surface area (Å²) >= 11 is 0. The van der Waals surface area contributed by atoms with Crippen LogP contribution in [-0.4, -0.2) is 43.6 Å². The lowest BCUT2D eigenvalue weighted by atomic mass is 10.1. The quantitative estimate of drug-likeness (QED) is 0.735. The van der Waals surface area contributed by atoms with Gasteiger partial charge in [-0.2, -0.15) is 0 Å². The molecule has 4 rings (SSSR count). The number of hydrogen-bond donors (Lipinski definition) is 2. The maximum atomic E-state index is 11.9. The average Bonchev–Trinajstić information content (AvgIpc) is 3.23.